The highest BCUT2D eigenvalue weighted by atomic mass is 35.5. The molecule has 0 heterocycles. The molecule has 2 amide bonds. The second-order valence-electron chi connectivity index (χ2n) is 5.62. The van der Waals surface area contributed by atoms with Gasteiger partial charge in [-0.1, -0.05) is 35.9 Å². The lowest BCUT2D eigenvalue weighted by molar-refractivity contribution is -0.128. The Balaban J connectivity index is 1.83. The molecular weight excluding hydrogens is 343 g/mol. The molecular formula is C19H20ClFN2O2. The number of hydrogen-bond donors (Lipinski definition) is 1. The summed E-state index contributed by atoms with van der Waals surface area (Å²) >= 11 is 5.85. The molecule has 0 aliphatic heterocycles. The molecule has 0 aliphatic carbocycles. The topological polar surface area (TPSA) is 49.4 Å². The van der Waals surface area contributed by atoms with Crippen LogP contribution in [0.2, 0.25) is 5.02 Å². The Kier molecular flexibility index (Phi) is 6.95. The Hall–Kier alpha value is -2.40. The maximum atomic E-state index is 13.6. The molecule has 2 rings (SSSR count). The molecule has 2 aromatic rings. The van der Waals surface area contributed by atoms with Crippen LogP contribution in [-0.2, 0) is 11.2 Å². The quantitative estimate of drug-likeness (QED) is 0.821. The van der Waals surface area contributed by atoms with Crippen molar-refractivity contribution in [3.8, 4) is 0 Å². The Morgan fingerprint density at radius 2 is 1.76 bits per heavy atom. The number of amides is 2. The summed E-state index contributed by atoms with van der Waals surface area (Å²) in [6.45, 7) is 2.64. The van der Waals surface area contributed by atoms with Gasteiger partial charge in [0.05, 0.1) is 5.56 Å². The van der Waals surface area contributed by atoms with Crippen molar-refractivity contribution < 1.29 is 14.0 Å². The van der Waals surface area contributed by atoms with Gasteiger partial charge >= 0.3 is 0 Å². The van der Waals surface area contributed by atoms with E-state index >= 15 is 0 Å². The molecule has 0 saturated carbocycles. The van der Waals surface area contributed by atoms with Crippen molar-refractivity contribution in [2.75, 3.05) is 19.6 Å². The number of hydrogen-bond acceptors (Lipinski definition) is 2. The first-order chi connectivity index (χ1) is 12.0. The summed E-state index contributed by atoms with van der Waals surface area (Å²) in [5, 5.41) is 3.31. The van der Waals surface area contributed by atoms with Gasteiger partial charge in [0, 0.05) is 31.6 Å². The number of carbonyl (C=O) groups excluding carboxylic acids is 2. The summed E-state index contributed by atoms with van der Waals surface area (Å²) in [4.78, 5) is 25.4. The Labute approximate surface area is 151 Å². The van der Waals surface area contributed by atoms with Gasteiger partial charge in [0.15, 0.2) is 0 Å². The molecule has 132 valence electrons. The highest BCUT2D eigenvalue weighted by Crippen LogP contribution is 2.10. The highest BCUT2D eigenvalue weighted by molar-refractivity contribution is 6.30. The van der Waals surface area contributed by atoms with Crippen LogP contribution in [-0.4, -0.2) is 36.3 Å². The Morgan fingerprint density at radius 3 is 2.40 bits per heavy atom. The van der Waals surface area contributed by atoms with E-state index in [2.05, 4.69) is 5.32 Å². The zero-order valence-electron chi connectivity index (χ0n) is 14.0. The van der Waals surface area contributed by atoms with Gasteiger partial charge in [-0.05, 0) is 36.2 Å². The number of rotatable bonds is 7. The molecule has 4 nitrogen and oxygen atoms in total. The fourth-order valence-electron chi connectivity index (χ4n) is 2.39. The molecule has 0 aromatic heterocycles. The standard InChI is InChI=1S/C19H20ClFN2O2/c1-14(24)23(12-10-15-6-8-16(20)9-7-15)13-11-22-19(25)17-4-2-3-5-18(17)21/h2-9H,10-13H2,1H3,(H,22,25). The van der Waals surface area contributed by atoms with Crippen molar-refractivity contribution in [3.05, 3.63) is 70.5 Å². The fourth-order valence-corrected chi connectivity index (χ4v) is 2.51. The number of nitrogens with one attached hydrogen (secondary N) is 1. The monoisotopic (exact) mass is 362 g/mol. The highest BCUT2D eigenvalue weighted by Gasteiger charge is 2.12. The van der Waals surface area contributed by atoms with E-state index in [1.807, 2.05) is 24.3 Å². The molecule has 0 bridgehead atoms. The zero-order chi connectivity index (χ0) is 18.2. The van der Waals surface area contributed by atoms with E-state index in [1.54, 1.807) is 11.0 Å². The molecule has 0 unspecified atom stereocenters. The third-order valence-electron chi connectivity index (χ3n) is 3.81. The van der Waals surface area contributed by atoms with Gasteiger partial charge in [-0.25, -0.2) is 4.39 Å². The summed E-state index contributed by atoms with van der Waals surface area (Å²) in [6.07, 6.45) is 0.692. The third-order valence-corrected chi connectivity index (χ3v) is 4.07. The van der Waals surface area contributed by atoms with E-state index in [9.17, 15) is 14.0 Å². The zero-order valence-corrected chi connectivity index (χ0v) is 14.7. The minimum atomic E-state index is -0.564. The van der Waals surface area contributed by atoms with Crippen LogP contribution in [0.15, 0.2) is 48.5 Å². The molecule has 0 saturated heterocycles. The van der Waals surface area contributed by atoms with Crippen LogP contribution in [0.5, 0.6) is 0 Å². The van der Waals surface area contributed by atoms with Gasteiger partial charge in [-0.2, -0.15) is 0 Å². The van der Waals surface area contributed by atoms with Crippen LogP contribution in [0.1, 0.15) is 22.8 Å². The lowest BCUT2D eigenvalue weighted by Crippen LogP contribution is -2.38. The summed E-state index contributed by atoms with van der Waals surface area (Å²) in [5.41, 5.74) is 1.07. The van der Waals surface area contributed by atoms with E-state index in [4.69, 9.17) is 11.6 Å². The SMILES string of the molecule is CC(=O)N(CCNC(=O)c1ccccc1F)CCc1ccc(Cl)cc1. The van der Waals surface area contributed by atoms with Gasteiger partial charge < -0.3 is 10.2 Å². The average molecular weight is 363 g/mol. The molecule has 2 aromatic carbocycles. The van der Waals surface area contributed by atoms with E-state index in [1.165, 1.54) is 25.1 Å². The second-order valence-corrected chi connectivity index (χ2v) is 6.05. The van der Waals surface area contributed by atoms with Gasteiger partial charge in [-0.15, -0.1) is 0 Å². The molecule has 0 atom stereocenters. The summed E-state index contributed by atoms with van der Waals surface area (Å²) in [6, 6.07) is 13.2. The largest absolute Gasteiger partial charge is 0.350 e. The van der Waals surface area contributed by atoms with Gasteiger partial charge in [0.25, 0.3) is 5.91 Å². The number of nitrogens with zero attached hydrogens (tertiary/aromatic N) is 1. The Bertz CT molecular complexity index is 734. The first kappa shape index (κ1) is 18.9. The van der Waals surface area contributed by atoms with Crippen LogP contribution in [0.3, 0.4) is 0 Å². The third kappa shape index (κ3) is 5.87. The van der Waals surface area contributed by atoms with Gasteiger partial charge in [-0.3, -0.25) is 9.59 Å². The summed E-state index contributed by atoms with van der Waals surface area (Å²) < 4.78 is 13.6. The number of halogens is 2. The van der Waals surface area contributed by atoms with Crippen molar-refractivity contribution >= 4 is 23.4 Å². The van der Waals surface area contributed by atoms with Crippen molar-refractivity contribution in [1.29, 1.82) is 0 Å². The molecule has 1 N–H and O–H groups in total. The van der Waals surface area contributed by atoms with Crippen LogP contribution < -0.4 is 5.32 Å². The second kappa shape index (κ2) is 9.18. The minimum absolute atomic E-state index is 0.00182. The van der Waals surface area contributed by atoms with Gasteiger partial charge in [0.2, 0.25) is 5.91 Å². The molecule has 25 heavy (non-hydrogen) atoms. The van der Waals surface area contributed by atoms with Crippen LogP contribution >= 0.6 is 11.6 Å². The smallest absolute Gasteiger partial charge is 0.254 e. The molecule has 0 spiro atoms. The van der Waals surface area contributed by atoms with Crippen LogP contribution in [0.4, 0.5) is 4.39 Å². The Morgan fingerprint density at radius 1 is 1.08 bits per heavy atom. The maximum Gasteiger partial charge on any atom is 0.254 e. The van der Waals surface area contributed by atoms with Crippen LogP contribution in [0, 0.1) is 5.82 Å². The average Bonchev–Trinajstić information content (AvgIpc) is 2.59. The fraction of sp³-hybridized carbons (Fsp3) is 0.263. The predicted molar refractivity (Wildman–Crippen MR) is 96.1 cm³/mol. The predicted octanol–water partition coefficient (Wildman–Crippen LogP) is 3.30. The lowest BCUT2D eigenvalue weighted by atomic mass is 10.1. The number of benzene rings is 2. The molecule has 0 radical (unpaired) electrons. The molecule has 0 aliphatic rings. The normalized spacial score (nSPS) is 10.4. The molecule has 0 fully saturated rings. The van der Waals surface area contributed by atoms with Crippen molar-refractivity contribution in [1.82, 2.24) is 10.2 Å². The van der Waals surface area contributed by atoms with E-state index in [-0.39, 0.29) is 18.0 Å². The van der Waals surface area contributed by atoms with Gasteiger partial charge in [0.1, 0.15) is 5.82 Å². The summed E-state index contributed by atoms with van der Waals surface area (Å²) in [5.74, 6) is -1.13. The van der Waals surface area contributed by atoms with E-state index < -0.39 is 11.7 Å². The van der Waals surface area contributed by atoms with Crippen molar-refractivity contribution in [2.45, 2.75) is 13.3 Å². The first-order valence-electron chi connectivity index (χ1n) is 8.00. The lowest BCUT2D eigenvalue weighted by Gasteiger charge is -2.21. The van der Waals surface area contributed by atoms with Crippen molar-refractivity contribution in [3.63, 3.8) is 0 Å². The molecule has 6 heteroatoms. The van der Waals surface area contributed by atoms with Crippen molar-refractivity contribution in [2.24, 2.45) is 0 Å². The maximum absolute atomic E-state index is 13.6. The minimum Gasteiger partial charge on any atom is -0.350 e. The van der Waals surface area contributed by atoms with Crippen LogP contribution in [0.25, 0.3) is 0 Å². The number of carbonyl (C=O) groups is 2. The van der Waals surface area contributed by atoms with E-state index in [0.717, 1.165) is 5.56 Å². The first-order valence-corrected chi connectivity index (χ1v) is 8.38. The summed E-state index contributed by atoms with van der Waals surface area (Å²) in [7, 11) is 0. The van der Waals surface area contributed by atoms with E-state index in [0.29, 0.717) is 24.5 Å².